The van der Waals surface area contributed by atoms with E-state index in [9.17, 15) is 9.50 Å². The Balaban J connectivity index is 2.07. The smallest absolute Gasteiger partial charge is 0.165 e. The Labute approximate surface area is 110 Å². The van der Waals surface area contributed by atoms with Crippen LogP contribution in [0.25, 0.3) is 0 Å². The van der Waals surface area contributed by atoms with Crippen LogP contribution in [0.5, 0.6) is 5.75 Å². The van der Waals surface area contributed by atoms with Crippen molar-refractivity contribution >= 4 is 0 Å². The summed E-state index contributed by atoms with van der Waals surface area (Å²) in [5.74, 6) is -0.563. The minimum Gasteiger partial charge on any atom is -0.487 e. The highest BCUT2D eigenvalue weighted by Crippen LogP contribution is 2.24. The largest absolute Gasteiger partial charge is 0.487 e. The molecule has 0 heterocycles. The molecule has 2 aromatic rings. The maximum atomic E-state index is 13.6. The zero-order valence-corrected chi connectivity index (χ0v) is 10.3. The van der Waals surface area contributed by atoms with Crippen molar-refractivity contribution < 1.29 is 19.3 Å². The molecule has 2 N–H and O–H groups in total. The summed E-state index contributed by atoms with van der Waals surface area (Å²) in [5.41, 5.74) is 1.06. The Bertz CT molecular complexity index is 528. The van der Waals surface area contributed by atoms with Crippen molar-refractivity contribution in [3.63, 3.8) is 0 Å². The van der Waals surface area contributed by atoms with Gasteiger partial charge in [-0.05, 0) is 11.6 Å². The molecule has 0 aromatic heterocycles. The second kappa shape index (κ2) is 6.31. The van der Waals surface area contributed by atoms with Crippen molar-refractivity contribution in [3.8, 4) is 5.75 Å². The number of halogens is 1. The van der Waals surface area contributed by atoms with Crippen molar-refractivity contribution in [3.05, 3.63) is 65.5 Å². The van der Waals surface area contributed by atoms with Gasteiger partial charge in [-0.2, -0.15) is 0 Å². The van der Waals surface area contributed by atoms with Gasteiger partial charge >= 0.3 is 0 Å². The molecule has 0 fully saturated rings. The first-order valence-electron chi connectivity index (χ1n) is 5.96. The number of rotatable bonds is 5. The molecule has 2 rings (SSSR count). The van der Waals surface area contributed by atoms with E-state index in [4.69, 9.17) is 9.84 Å². The molecule has 2 aromatic carbocycles. The fourth-order valence-electron chi connectivity index (χ4n) is 1.77. The van der Waals surface area contributed by atoms with Gasteiger partial charge in [0.2, 0.25) is 0 Å². The lowest BCUT2D eigenvalue weighted by Gasteiger charge is -2.15. The van der Waals surface area contributed by atoms with Crippen molar-refractivity contribution in [1.29, 1.82) is 0 Å². The molecule has 1 atom stereocenters. The minimum absolute atomic E-state index is 0.0139. The van der Waals surface area contributed by atoms with E-state index < -0.39 is 11.9 Å². The van der Waals surface area contributed by atoms with Gasteiger partial charge in [0.25, 0.3) is 0 Å². The number of benzene rings is 2. The Morgan fingerprint density at radius 3 is 2.47 bits per heavy atom. The van der Waals surface area contributed by atoms with Crippen LogP contribution in [0.15, 0.2) is 48.5 Å². The number of aliphatic hydroxyl groups is 2. The fraction of sp³-hybridized carbons (Fsp3) is 0.200. The molecule has 3 nitrogen and oxygen atoms in total. The zero-order valence-electron chi connectivity index (χ0n) is 10.3. The minimum atomic E-state index is -0.840. The molecular formula is C15H15FO3. The van der Waals surface area contributed by atoms with Crippen molar-refractivity contribution in [2.45, 2.75) is 12.7 Å². The molecule has 19 heavy (non-hydrogen) atoms. The number of hydrogen-bond acceptors (Lipinski definition) is 3. The van der Waals surface area contributed by atoms with Crippen LogP contribution in [0.3, 0.4) is 0 Å². The van der Waals surface area contributed by atoms with E-state index in [0.29, 0.717) is 11.1 Å². The highest BCUT2D eigenvalue weighted by molar-refractivity contribution is 5.34. The third-order valence-electron chi connectivity index (χ3n) is 2.79. The van der Waals surface area contributed by atoms with Gasteiger partial charge in [-0.1, -0.05) is 42.5 Å². The van der Waals surface area contributed by atoms with Crippen molar-refractivity contribution in [1.82, 2.24) is 0 Å². The van der Waals surface area contributed by atoms with Crippen molar-refractivity contribution in [2.24, 2.45) is 0 Å². The van der Waals surface area contributed by atoms with Crippen LogP contribution in [-0.4, -0.2) is 16.8 Å². The number of hydrogen-bond donors (Lipinski definition) is 2. The van der Waals surface area contributed by atoms with Crippen LogP contribution in [0.1, 0.15) is 17.2 Å². The number of aliphatic hydroxyl groups excluding tert-OH is 2. The maximum Gasteiger partial charge on any atom is 0.165 e. The lowest BCUT2D eigenvalue weighted by atomic mass is 10.1. The third kappa shape index (κ3) is 3.30. The van der Waals surface area contributed by atoms with Gasteiger partial charge in [0.05, 0.1) is 6.61 Å². The second-order valence-electron chi connectivity index (χ2n) is 4.12. The molecule has 0 aliphatic rings. The lowest BCUT2D eigenvalue weighted by Crippen LogP contribution is -2.11. The Morgan fingerprint density at radius 1 is 1.05 bits per heavy atom. The average Bonchev–Trinajstić information content (AvgIpc) is 2.46. The Morgan fingerprint density at radius 2 is 1.79 bits per heavy atom. The lowest BCUT2D eigenvalue weighted by molar-refractivity contribution is 0.104. The summed E-state index contributed by atoms with van der Waals surface area (Å²) in [6, 6.07) is 13.3. The van der Waals surface area contributed by atoms with Gasteiger partial charge in [0.1, 0.15) is 12.7 Å². The fourth-order valence-corrected chi connectivity index (χ4v) is 1.77. The normalized spacial score (nSPS) is 12.2. The van der Waals surface area contributed by atoms with Gasteiger partial charge < -0.3 is 14.9 Å². The van der Waals surface area contributed by atoms with Crippen LogP contribution in [-0.2, 0) is 6.61 Å². The zero-order chi connectivity index (χ0) is 13.7. The highest BCUT2D eigenvalue weighted by atomic mass is 19.1. The predicted molar refractivity (Wildman–Crippen MR) is 69.2 cm³/mol. The van der Waals surface area contributed by atoms with Gasteiger partial charge in [0, 0.05) is 5.56 Å². The van der Waals surface area contributed by atoms with Gasteiger partial charge in [0.15, 0.2) is 11.6 Å². The van der Waals surface area contributed by atoms with Crippen LogP contribution in [0, 0.1) is 5.82 Å². The molecule has 0 radical (unpaired) electrons. The molecule has 0 aliphatic carbocycles. The molecular weight excluding hydrogens is 247 g/mol. The number of para-hydroxylation sites is 1. The van der Waals surface area contributed by atoms with E-state index in [1.165, 1.54) is 12.1 Å². The molecule has 0 spiro atoms. The summed E-state index contributed by atoms with van der Waals surface area (Å²) in [5, 5.41) is 19.0. The van der Waals surface area contributed by atoms with E-state index in [1.54, 1.807) is 30.3 Å². The summed E-state index contributed by atoms with van der Waals surface area (Å²) in [7, 11) is 0. The van der Waals surface area contributed by atoms with E-state index in [1.807, 2.05) is 6.07 Å². The van der Waals surface area contributed by atoms with Crippen LogP contribution in [0.4, 0.5) is 4.39 Å². The molecule has 4 heteroatoms. The maximum absolute atomic E-state index is 13.6. The van der Waals surface area contributed by atoms with Crippen LogP contribution < -0.4 is 4.74 Å². The summed E-state index contributed by atoms with van der Waals surface area (Å²) < 4.78 is 18.9. The van der Waals surface area contributed by atoms with E-state index in [2.05, 4.69) is 0 Å². The topological polar surface area (TPSA) is 49.7 Å². The Kier molecular flexibility index (Phi) is 4.49. The summed E-state index contributed by atoms with van der Waals surface area (Å²) in [6.45, 7) is -0.382. The second-order valence-corrected chi connectivity index (χ2v) is 4.12. The molecule has 0 amide bonds. The Hall–Kier alpha value is -1.91. The molecule has 0 aliphatic heterocycles. The van der Waals surface area contributed by atoms with Crippen LogP contribution >= 0.6 is 0 Å². The number of ether oxygens (including phenoxy) is 1. The standard InChI is InChI=1S/C15H15FO3/c16-13-8-4-7-12(9-17)15(13)19-10-14(18)11-5-2-1-3-6-11/h1-8,14,17-18H,9-10H2. The molecule has 0 saturated heterocycles. The quantitative estimate of drug-likeness (QED) is 0.870. The highest BCUT2D eigenvalue weighted by Gasteiger charge is 2.13. The summed E-state index contributed by atoms with van der Waals surface area (Å²) in [6.07, 6.45) is -0.840. The first kappa shape index (κ1) is 13.5. The first-order chi connectivity index (χ1) is 9.22. The first-order valence-corrected chi connectivity index (χ1v) is 5.96. The summed E-state index contributed by atoms with van der Waals surface area (Å²) >= 11 is 0. The van der Waals surface area contributed by atoms with E-state index in [-0.39, 0.29) is 19.0 Å². The SMILES string of the molecule is OCc1cccc(F)c1OCC(O)c1ccccc1. The predicted octanol–water partition coefficient (Wildman–Crippen LogP) is 2.43. The van der Waals surface area contributed by atoms with Gasteiger partial charge in [-0.3, -0.25) is 0 Å². The molecule has 1 unspecified atom stereocenters. The van der Waals surface area contributed by atoms with E-state index >= 15 is 0 Å². The molecule has 0 bridgehead atoms. The third-order valence-corrected chi connectivity index (χ3v) is 2.79. The summed E-state index contributed by atoms with van der Waals surface area (Å²) in [4.78, 5) is 0. The molecule has 0 saturated carbocycles. The molecule has 100 valence electrons. The van der Waals surface area contributed by atoms with Crippen LogP contribution in [0.2, 0.25) is 0 Å². The van der Waals surface area contributed by atoms with Gasteiger partial charge in [-0.25, -0.2) is 4.39 Å². The monoisotopic (exact) mass is 262 g/mol. The average molecular weight is 262 g/mol. The van der Waals surface area contributed by atoms with E-state index in [0.717, 1.165) is 0 Å². The van der Waals surface area contributed by atoms with Crippen molar-refractivity contribution in [2.75, 3.05) is 6.61 Å². The van der Waals surface area contributed by atoms with Gasteiger partial charge in [-0.15, -0.1) is 0 Å².